The number of aromatic nitrogens is 3. The first-order valence-electron chi connectivity index (χ1n) is 8.67. The van der Waals surface area contributed by atoms with Crippen molar-refractivity contribution in [1.82, 2.24) is 14.6 Å². The molecule has 0 amide bonds. The van der Waals surface area contributed by atoms with Gasteiger partial charge in [0.1, 0.15) is 0 Å². The molecule has 0 aromatic carbocycles. The van der Waals surface area contributed by atoms with Gasteiger partial charge in [0.2, 0.25) is 10.1 Å². The summed E-state index contributed by atoms with van der Waals surface area (Å²) in [5.41, 5.74) is 1.52. The Morgan fingerprint density at radius 2 is 2.22 bits per heavy atom. The topological polar surface area (TPSA) is 51.5 Å². The summed E-state index contributed by atoms with van der Waals surface area (Å²) in [6, 6.07) is 0.505. The van der Waals surface area contributed by atoms with Crippen LogP contribution in [0.4, 0.5) is 5.13 Å². The van der Waals surface area contributed by atoms with Crippen molar-refractivity contribution < 1.29 is 4.74 Å². The van der Waals surface area contributed by atoms with Crippen molar-refractivity contribution >= 4 is 21.4 Å². The van der Waals surface area contributed by atoms with E-state index in [0.717, 1.165) is 28.8 Å². The first kappa shape index (κ1) is 15.4. The van der Waals surface area contributed by atoms with Gasteiger partial charge >= 0.3 is 0 Å². The van der Waals surface area contributed by atoms with E-state index in [1.54, 1.807) is 11.3 Å². The van der Waals surface area contributed by atoms with E-state index in [4.69, 9.17) is 9.72 Å². The molecule has 2 fully saturated rings. The van der Waals surface area contributed by atoms with E-state index in [9.17, 15) is 0 Å². The van der Waals surface area contributed by atoms with Crippen molar-refractivity contribution in [2.24, 2.45) is 5.41 Å². The van der Waals surface area contributed by atoms with Gasteiger partial charge in [0.15, 0.2) is 0 Å². The maximum atomic E-state index is 5.93. The molecule has 0 bridgehead atoms. The number of nitrogens with zero attached hydrogens (tertiary/aromatic N) is 3. The van der Waals surface area contributed by atoms with Gasteiger partial charge in [0, 0.05) is 23.5 Å². The van der Waals surface area contributed by atoms with E-state index in [1.807, 2.05) is 4.52 Å². The van der Waals surface area contributed by atoms with Crippen LogP contribution >= 0.6 is 11.3 Å². The van der Waals surface area contributed by atoms with Crippen molar-refractivity contribution in [3.63, 3.8) is 0 Å². The van der Waals surface area contributed by atoms with Crippen LogP contribution in [0, 0.1) is 5.41 Å². The zero-order valence-electron chi connectivity index (χ0n) is 14.4. The third-order valence-corrected chi connectivity index (χ3v) is 6.40. The summed E-state index contributed by atoms with van der Waals surface area (Å²) < 4.78 is 7.84. The Bertz CT molecular complexity index is 678. The number of nitrogens with one attached hydrogen (secondary N) is 1. The molecule has 126 valence electrons. The molecule has 2 heterocycles. The summed E-state index contributed by atoms with van der Waals surface area (Å²) in [6.45, 7) is 9.46. The highest BCUT2D eigenvalue weighted by atomic mass is 32.1. The van der Waals surface area contributed by atoms with E-state index >= 15 is 0 Å². The second kappa shape index (κ2) is 5.18. The smallest absolute Gasteiger partial charge is 0.214 e. The van der Waals surface area contributed by atoms with Crippen LogP contribution in [0.1, 0.15) is 59.1 Å². The Morgan fingerprint density at radius 1 is 1.43 bits per heavy atom. The molecule has 1 N–H and O–H groups in total. The van der Waals surface area contributed by atoms with Gasteiger partial charge in [-0.25, -0.2) is 9.50 Å². The lowest BCUT2D eigenvalue weighted by atomic mass is 9.51. The predicted octanol–water partition coefficient (Wildman–Crippen LogP) is 3.85. The van der Waals surface area contributed by atoms with Gasteiger partial charge in [-0.05, 0) is 26.2 Å². The molecule has 0 saturated heterocycles. The van der Waals surface area contributed by atoms with Crippen LogP contribution in [0.5, 0.6) is 0 Å². The average Bonchev–Trinajstić information content (AvgIpc) is 2.92. The lowest BCUT2D eigenvalue weighted by Gasteiger charge is -2.60. The fourth-order valence-electron chi connectivity index (χ4n) is 3.91. The van der Waals surface area contributed by atoms with Crippen LogP contribution in [0.2, 0.25) is 0 Å². The van der Waals surface area contributed by atoms with Gasteiger partial charge in [-0.15, -0.1) is 5.10 Å². The molecule has 2 aliphatic carbocycles. The average molecular weight is 334 g/mol. The van der Waals surface area contributed by atoms with Gasteiger partial charge in [-0.2, -0.15) is 0 Å². The quantitative estimate of drug-likeness (QED) is 0.923. The standard InChI is InChI=1S/C17H26N4OS/c1-5-22-13-9-11(17(13)7-6-8-17)18-14-20-21-10-12(16(2,3)4)19-15(21)23-14/h10-11,13H,5-9H2,1-4H3,(H,18,20). The Morgan fingerprint density at radius 3 is 2.78 bits per heavy atom. The van der Waals surface area contributed by atoms with Crippen LogP contribution in [0.3, 0.4) is 0 Å². The minimum atomic E-state index is 0.0652. The van der Waals surface area contributed by atoms with Gasteiger partial charge in [-0.1, -0.05) is 38.5 Å². The fraction of sp³-hybridized carbons (Fsp3) is 0.765. The molecular weight excluding hydrogens is 308 g/mol. The maximum absolute atomic E-state index is 5.93. The molecule has 1 spiro atoms. The molecule has 2 atom stereocenters. The van der Waals surface area contributed by atoms with Crippen molar-refractivity contribution in [2.75, 3.05) is 11.9 Å². The normalized spacial score (nSPS) is 26.3. The molecular formula is C17H26N4OS. The molecule has 2 aromatic heterocycles. The van der Waals surface area contributed by atoms with E-state index in [0.29, 0.717) is 17.6 Å². The lowest BCUT2D eigenvalue weighted by Crippen LogP contribution is -2.64. The van der Waals surface area contributed by atoms with Crippen molar-refractivity contribution in [2.45, 2.75) is 70.9 Å². The number of hydrogen-bond acceptors (Lipinski definition) is 5. The van der Waals surface area contributed by atoms with E-state index in [1.165, 1.54) is 19.3 Å². The summed E-state index contributed by atoms with van der Waals surface area (Å²) >= 11 is 1.65. The Kier molecular flexibility index (Phi) is 3.47. The first-order chi connectivity index (χ1) is 10.9. The summed E-state index contributed by atoms with van der Waals surface area (Å²) in [4.78, 5) is 5.70. The van der Waals surface area contributed by atoms with Gasteiger partial charge in [-0.3, -0.25) is 0 Å². The van der Waals surface area contributed by atoms with Crippen molar-refractivity contribution in [3.05, 3.63) is 11.9 Å². The first-order valence-corrected chi connectivity index (χ1v) is 9.49. The SMILES string of the molecule is CCOC1CC(Nc2nn3cc(C(C)(C)C)nc3s2)C12CCC2. The summed E-state index contributed by atoms with van der Waals surface area (Å²) in [6.07, 6.45) is 7.49. The van der Waals surface area contributed by atoms with Crippen LogP contribution in [-0.4, -0.2) is 33.4 Å². The van der Waals surface area contributed by atoms with Crippen LogP contribution in [0.15, 0.2) is 6.20 Å². The fourth-order valence-corrected chi connectivity index (χ4v) is 4.74. The number of hydrogen-bond donors (Lipinski definition) is 1. The van der Waals surface area contributed by atoms with Crippen molar-refractivity contribution in [1.29, 1.82) is 0 Å². The largest absolute Gasteiger partial charge is 0.378 e. The molecule has 4 rings (SSSR count). The van der Waals surface area contributed by atoms with Crippen LogP contribution in [-0.2, 0) is 10.2 Å². The number of anilines is 1. The molecule has 2 aliphatic rings. The number of ether oxygens (including phenoxy) is 1. The second-order valence-corrected chi connectivity index (χ2v) is 8.93. The molecule has 23 heavy (non-hydrogen) atoms. The monoisotopic (exact) mass is 334 g/mol. The zero-order valence-corrected chi connectivity index (χ0v) is 15.2. The third kappa shape index (κ3) is 2.38. The summed E-state index contributed by atoms with van der Waals surface area (Å²) in [5, 5.41) is 9.33. The maximum Gasteiger partial charge on any atom is 0.214 e. The molecule has 2 unspecified atom stereocenters. The molecule has 2 aromatic rings. The highest BCUT2D eigenvalue weighted by molar-refractivity contribution is 7.20. The molecule has 2 saturated carbocycles. The Hall–Kier alpha value is -1.14. The highest BCUT2D eigenvalue weighted by Crippen LogP contribution is 2.58. The highest BCUT2D eigenvalue weighted by Gasteiger charge is 2.59. The van der Waals surface area contributed by atoms with Crippen LogP contribution in [0.25, 0.3) is 4.96 Å². The zero-order chi connectivity index (χ0) is 16.2. The van der Waals surface area contributed by atoms with Crippen LogP contribution < -0.4 is 5.32 Å². The number of fused-ring (bicyclic) bond motifs is 1. The summed E-state index contributed by atoms with van der Waals surface area (Å²) in [5.74, 6) is 0. The molecule has 0 radical (unpaired) electrons. The minimum Gasteiger partial charge on any atom is -0.378 e. The lowest BCUT2D eigenvalue weighted by molar-refractivity contribution is -0.157. The Labute approximate surface area is 141 Å². The molecule has 5 nitrogen and oxygen atoms in total. The Balaban J connectivity index is 1.49. The number of imidazole rings is 1. The predicted molar refractivity (Wildman–Crippen MR) is 93.3 cm³/mol. The van der Waals surface area contributed by atoms with E-state index in [2.05, 4.69) is 44.3 Å². The minimum absolute atomic E-state index is 0.0652. The van der Waals surface area contributed by atoms with Gasteiger partial charge in [0.05, 0.1) is 18.0 Å². The van der Waals surface area contributed by atoms with E-state index in [-0.39, 0.29) is 5.41 Å². The van der Waals surface area contributed by atoms with E-state index < -0.39 is 0 Å². The third-order valence-electron chi connectivity index (χ3n) is 5.55. The van der Waals surface area contributed by atoms with Gasteiger partial charge < -0.3 is 10.1 Å². The molecule has 0 aliphatic heterocycles. The van der Waals surface area contributed by atoms with Gasteiger partial charge in [0.25, 0.3) is 0 Å². The summed E-state index contributed by atoms with van der Waals surface area (Å²) in [7, 11) is 0. The second-order valence-electron chi connectivity index (χ2n) is 7.97. The molecule has 6 heteroatoms. The van der Waals surface area contributed by atoms with Crippen molar-refractivity contribution in [3.8, 4) is 0 Å². The number of rotatable bonds is 4.